The number of nitrogens with zero attached hydrogens (tertiary/aromatic N) is 2. The Morgan fingerprint density at radius 3 is 2.53 bits per heavy atom. The van der Waals surface area contributed by atoms with E-state index in [2.05, 4.69) is 24.0 Å². The molecule has 0 bridgehead atoms. The molecular weight excluding hydrogens is 230 g/mol. The van der Waals surface area contributed by atoms with Crippen molar-refractivity contribution in [1.82, 2.24) is 10.2 Å². The summed E-state index contributed by atoms with van der Waals surface area (Å²) in [5, 5.41) is 10.3. The monoisotopic (exact) mass is 247 g/mol. The van der Waals surface area contributed by atoms with Crippen molar-refractivity contribution >= 4 is 11.3 Å². The third-order valence-corrected chi connectivity index (χ3v) is 3.52. The van der Waals surface area contributed by atoms with Gasteiger partial charge in [0.15, 0.2) is 0 Å². The molecule has 0 saturated heterocycles. The van der Waals surface area contributed by atoms with E-state index in [1.54, 1.807) is 11.3 Å². The first-order valence-corrected chi connectivity index (χ1v) is 6.61. The molecule has 4 heteroatoms. The first kappa shape index (κ1) is 12.2. The maximum atomic E-state index is 6.17. The van der Waals surface area contributed by atoms with Gasteiger partial charge in [0.25, 0.3) is 0 Å². The van der Waals surface area contributed by atoms with Crippen LogP contribution in [0.1, 0.15) is 35.5 Å². The van der Waals surface area contributed by atoms with E-state index in [9.17, 15) is 0 Å². The summed E-state index contributed by atoms with van der Waals surface area (Å²) >= 11 is 1.62. The van der Waals surface area contributed by atoms with Gasteiger partial charge in [0, 0.05) is 6.42 Å². The average Bonchev–Trinajstić information content (AvgIpc) is 2.77. The van der Waals surface area contributed by atoms with Gasteiger partial charge in [0.1, 0.15) is 10.0 Å². The summed E-state index contributed by atoms with van der Waals surface area (Å²) < 4.78 is 0. The molecule has 90 valence electrons. The van der Waals surface area contributed by atoms with E-state index in [1.807, 2.05) is 30.3 Å². The Morgan fingerprint density at radius 1 is 1.18 bits per heavy atom. The van der Waals surface area contributed by atoms with E-state index < -0.39 is 0 Å². The van der Waals surface area contributed by atoms with Crippen LogP contribution in [0, 0.1) is 5.92 Å². The molecule has 2 N–H and O–H groups in total. The van der Waals surface area contributed by atoms with Gasteiger partial charge < -0.3 is 5.73 Å². The number of rotatable bonds is 4. The summed E-state index contributed by atoms with van der Waals surface area (Å²) in [5.41, 5.74) is 7.25. The Morgan fingerprint density at radius 2 is 1.88 bits per heavy atom. The lowest BCUT2D eigenvalue weighted by Crippen LogP contribution is -2.11. The van der Waals surface area contributed by atoms with Crippen molar-refractivity contribution in [1.29, 1.82) is 0 Å². The molecule has 2 rings (SSSR count). The van der Waals surface area contributed by atoms with Crippen molar-refractivity contribution in [3.8, 4) is 0 Å². The molecule has 0 aliphatic rings. The standard InChI is InChI=1S/C13H17N3S/c1-9(2)8-11-15-16-13(17-11)12(14)10-6-4-3-5-7-10/h3-7,9,12H,8,14H2,1-2H3. The number of aromatic nitrogens is 2. The molecule has 2 aromatic rings. The van der Waals surface area contributed by atoms with Crippen molar-refractivity contribution in [2.24, 2.45) is 11.7 Å². The van der Waals surface area contributed by atoms with Crippen LogP contribution in [-0.2, 0) is 6.42 Å². The summed E-state index contributed by atoms with van der Waals surface area (Å²) in [6.07, 6.45) is 0.971. The predicted molar refractivity (Wildman–Crippen MR) is 70.9 cm³/mol. The highest BCUT2D eigenvalue weighted by Gasteiger charge is 2.14. The van der Waals surface area contributed by atoms with Gasteiger partial charge in [-0.15, -0.1) is 10.2 Å². The highest BCUT2D eigenvalue weighted by molar-refractivity contribution is 7.11. The van der Waals surface area contributed by atoms with Crippen LogP contribution in [0.25, 0.3) is 0 Å². The van der Waals surface area contributed by atoms with Crippen LogP contribution in [0.3, 0.4) is 0 Å². The zero-order valence-corrected chi connectivity index (χ0v) is 10.9. The molecule has 0 fully saturated rings. The van der Waals surface area contributed by atoms with Gasteiger partial charge in [-0.05, 0) is 11.5 Å². The SMILES string of the molecule is CC(C)Cc1nnc(C(N)c2ccccc2)s1. The van der Waals surface area contributed by atoms with Crippen LogP contribution in [0.2, 0.25) is 0 Å². The molecular formula is C13H17N3S. The maximum Gasteiger partial charge on any atom is 0.138 e. The minimum Gasteiger partial charge on any atom is -0.318 e. The quantitative estimate of drug-likeness (QED) is 0.904. The first-order chi connectivity index (χ1) is 8.16. The maximum absolute atomic E-state index is 6.17. The summed E-state index contributed by atoms with van der Waals surface area (Å²) in [6, 6.07) is 9.86. The molecule has 0 spiro atoms. The molecule has 1 aromatic heterocycles. The molecule has 0 aliphatic carbocycles. The third kappa shape index (κ3) is 3.11. The lowest BCUT2D eigenvalue weighted by Gasteiger charge is -2.07. The highest BCUT2D eigenvalue weighted by Crippen LogP contribution is 2.23. The fourth-order valence-electron chi connectivity index (χ4n) is 1.63. The molecule has 0 saturated carbocycles. The van der Waals surface area contributed by atoms with Crippen LogP contribution >= 0.6 is 11.3 Å². The average molecular weight is 247 g/mol. The van der Waals surface area contributed by atoms with Crippen LogP contribution in [0.15, 0.2) is 30.3 Å². The van der Waals surface area contributed by atoms with Crippen molar-refractivity contribution in [3.05, 3.63) is 45.9 Å². The minimum atomic E-state index is -0.158. The Balaban J connectivity index is 2.15. The van der Waals surface area contributed by atoms with Gasteiger partial charge in [0.2, 0.25) is 0 Å². The Labute approximate surface area is 106 Å². The summed E-state index contributed by atoms with van der Waals surface area (Å²) in [6.45, 7) is 4.36. The normalized spacial score (nSPS) is 12.9. The van der Waals surface area contributed by atoms with Gasteiger partial charge >= 0.3 is 0 Å². The van der Waals surface area contributed by atoms with Gasteiger partial charge in [-0.2, -0.15) is 0 Å². The lowest BCUT2D eigenvalue weighted by molar-refractivity contribution is 0.639. The fourth-order valence-corrected chi connectivity index (χ4v) is 2.71. The van der Waals surface area contributed by atoms with E-state index in [4.69, 9.17) is 5.73 Å². The second kappa shape index (κ2) is 5.38. The van der Waals surface area contributed by atoms with E-state index in [-0.39, 0.29) is 6.04 Å². The highest BCUT2D eigenvalue weighted by atomic mass is 32.1. The Bertz CT molecular complexity index is 465. The second-order valence-corrected chi connectivity index (χ2v) is 5.61. The number of nitrogens with two attached hydrogens (primary N) is 1. The van der Waals surface area contributed by atoms with Gasteiger partial charge in [-0.1, -0.05) is 55.5 Å². The smallest absolute Gasteiger partial charge is 0.138 e. The van der Waals surface area contributed by atoms with Crippen LogP contribution in [-0.4, -0.2) is 10.2 Å². The molecule has 0 aliphatic heterocycles. The lowest BCUT2D eigenvalue weighted by atomic mass is 10.1. The van der Waals surface area contributed by atoms with Crippen molar-refractivity contribution in [2.45, 2.75) is 26.3 Å². The zero-order valence-electron chi connectivity index (χ0n) is 10.1. The molecule has 1 aromatic carbocycles. The first-order valence-electron chi connectivity index (χ1n) is 5.79. The van der Waals surface area contributed by atoms with Crippen LogP contribution in [0.4, 0.5) is 0 Å². The van der Waals surface area contributed by atoms with E-state index in [0.29, 0.717) is 5.92 Å². The molecule has 17 heavy (non-hydrogen) atoms. The number of benzene rings is 1. The third-order valence-electron chi connectivity index (χ3n) is 2.49. The van der Waals surface area contributed by atoms with Crippen LogP contribution in [0.5, 0.6) is 0 Å². The molecule has 3 nitrogen and oxygen atoms in total. The van der Waals surface area contributed by atoms with Crippen molar-refractivity contribution < 1.29 is 0 Å². The zero-order chi connectivity index (χ0) is 12.3. The molecule has 1 unspecified atom stereocenters. The Kier molecular flexibility index (Phi) is 3.86. The number of hydrogen-bond acceptors (Lipinski definition) is 4. The largest absolute Gasteiger partial charge is 0.318 e. The molecule has 0 amide bonds. The number of hydrogen-bond donors (Lipinski definition) is 1. The summed E-state index contributed by atoms with van der Waals surface area (Å²) in [4.78, 5) is 0. The molecule has 0 radical (unpaired) electrons. The minimum absolute atomic E-state index is 0.158. The van der Waals surface area contributed by atoms with Crippen molar-refractivity contribution in [3.63, 3.8) is 0 Å². The second-order valence-electron chi connectivity index (χ2n) is 4.52. The molecule has 1 heterocycles. The van der Waals surface area contributed by atoms with E-state index >= 15 is 0 Å². The fraction of sp³-hybridized carbons (Fsp3) is 0.385. The predicted octanol–water partition coefficient (Wildman–Crippen LogP) is 2.78. The summed E-state index contributed by atoms with van der Waals surface area (Å²) in [5.74, 6) is 0.601. The van der Waals surface area contributed by atoms with Gasteiger partial charge in [-0.25, -0.2) is 0 Å². The van der Waals surface area contributed by atoms with Crippen molar-refractivity contribution in [2.75, 3.05) is 0 Å². The van der Waals surface area contributed by atoms with Gasteiger partial charge in [-0.3, -0.25) is 0 Å². The molecule has 1 atom stereocenters. The van der Waals surface area contributed by atoms with Crippen LogP contribution < -0.4 is 5.73 Å². The topological polar surface area (TPSA) is 51.8 Å². The summed E-state index contributed by atoms with van der Waals surface area (Å²) in [7, 11) is 0. The van der Waals surface area contributed by atoms with E-state index in [1.165, 1.54) is 0 Å². The Hall–Kier alpha value is -1.26. The van der Waals surface area contributed by atoms with Gasteiger partial charge in [0.05, 0.1) is 6.04 Å². The van der Waals surface area contributed by atoms with E-state index in [0.717, 1.165) is 22.0 Å².